The summed E-state index contributed by atoms with van der Waals surface area (Å²) in [6.07, 6.45) is 8.29. The Morgan fingerprint density at radius 1 is 1.11 bits per heavy atom. The summed E-state index contributed by atoms with van der Waals surface area (Å²) in [6, 6.07) is 19.2. The van der Waals surface area contributed by atoms with Crippen molar-refractivity contribution in [3.8, 4) is 0 Å². The van der Waals surface area contributed by atoms with E-state index in [2.05, 4.69) is 71.8 Å². The number of hydrogen-bond acceptors (Lipinski definition) is 3. The molecule has 3 atom stereocenters. The number of aliphatic hydroxyl groups is 1. The first-order valence-corrected chi connectivity index (χ1v) is 9.44. The molecule has 138 valence electrons. The van der Waals surface area contributed by atoms with Gasteiger partial charge in [0.15, 0.2) is 0 Å². The highest BCUT2D eigenvalue weighted by Crippen LogP contribution is 2.41. The molecule has 0 radical (unpaired) electrons. The molecule has 0 saturated heterocycles. The van der Waals surface area contributed by atoms with Crippen LogP contribution in [0.1, 0.15) is 42.7 Å². The molecule has 2 aromatic carbocycles. The molecular weight excluding hydrogens is 334 g/mol. The molecule has 2 aliphatic rings. The van der Waals surface area contributed by atoms with Gasteiger partial charge in [0.2, 0.25) is 0 Å². The van der Waals surface area contributed by atoms with Crippen molar-refractivity contribution in [2.75, 3.05) is 6.54 Å². The third kappa shape index (κ3) is 3.69. The van der Waals surface area contributed by atoms with Gasteiger partial charge in [-0.25, -0.2) is 0 Å². The smallest absolute Gasteiger partial charge is 0.101 e. The van der Waals surface area contributed by atoms with Crippen LogP contribution in [0.15, 0.2) is 84.8 Å². The van der Waals surface area contributed by atoms with Gasteiger partial charge in [0.1, 0.15) is 6.10 Å². The summed E-state index contributed by atoms with van der Waals surface area (Å²) in [4.78, 5) is 2.36. The van der Waals surface area contributed by atoms with Gasteiger partial charge in [0.25, 0.3) is 0 Å². The van der Waals surface area contributed by atoms with E-state index in [9.17, 15) is 5.11 Å². The summed E-state index contributed by atoms with van der Waals surface area (Å²) in [5, 5.41) is 9.55. The van der Waals surface area contributed by atoms with Gasteiger partial charge in [-0.1, -0.05) is 66.7 Å². The fraction of sp³-hybridized carbons (Fsp3) is 0.250. The van der Waals surface area contributed by atoms with Crippen LogP contribution < -0.4 is 0 Å². The zero-order chi connectivity index (χ0) is 18.8. The third-order valence-electron chi connectivity index (χ3n) is 5.12. The number of allylic oxidation sites excluding steroid dienone is 3. The van der Waals surface area contributed by atoms with E-state index < -0.39 is 0 Å². The van der Waals surface area contributed by atoms with Gasteiger partial charge < -0.3 is 14.7 Å². The van der Waals surface area contributed by atoms with Crippen LogP contribution in [-0.2, 0) is 4.74 Å². The number of aliphatic hydroxyl groups excluding tert-OH is 1. The van der Waals surface area contributed by atoms with Crippen LogP contribution in [0, 0.1) is 0 Å². The standard InChI is InChI=1S/C24H25NO2/c1-17(26)14-18(2)27-24-16-25-15-20(19-8-4-3-5-9-19)12-13-23(25)21-10-6-7-11-22(21)24/h3-15,18,23-24,26H,16H2,1-2H3/b17-14-/t18?,23?,24-/m0/s1. The molecule has 4 rings (SSSR count). The number of rotatable bonds is 4. The van der Waals surface area contributed by atoms with Gasteiger partial charge in [-0.05, 0) is 42.2 Å². The maximum atomic E-state index is 9.55. The Morgan fingerprint density at radius 2 is 1.81 bits per heavy atom. The van der Waals surface area contributed by atoms with E-state index in [1.807, 2.05) is 13.0 Å². The second-order valence-electron chi connectivity index (χ2n) is 7.22. The van der Waals surface area contributed by atoms with Crippen LogP contribution in [0.2, 0.25) is 0 Å². The van der Waals surface area contributed by atoms with Gasteiger partial charge in [0.05, 0.1) is 17.9 Å². The van der Waals surface area contributed by atoms with E-state index in [0.717, 1.165) is 6.54 Å². The van der Waals surface area contributed by atoms with Crippen LogP contribution >= 0.6 is 0 Å². The Labute approximate surface area is 160 Å². The van der Waals surface area contributed by atoms with Crippen LogP contribution in [0.4, 0.5) is 0 Å². The number of ether oxygens (including phenoxy) is 1. The van der Waals surface area contributed by atoms with Gasteiger partial charge in [-0.15, -0.1) is 0 Å². The minimum Gasteiger partial charge on any atom is -0.513 e. The molecule has 0 spiro atoms. The molecule has 2 aliphatic heterocycles. The first-order chi connectivity index (χ1) is 13.1. The molecule has 3 heteroatoms. The summed E-state index contributed by atoms with van der Waals surface area (Å²) in [5.74, 6) is 0.289. The van der Waals surface area contributed by atoms with Crippen molar-refractivity contribution in [1.29, 1.82) is 0 Å². The average molecular weight is 359 g/mol. The quantitative estimate of drug-likeness (QED) is 0.725. The predicted molar refractivity (Wildman–Crippen MR) is 109 cm³/mol. The molecular formula is C24H25NO2. The summed E-state index contributed by atoms with van der Waals surface area (Å²) in [7, 11) is 0. The second kappa shape index (κ2) is 7.45. The van der Waals surface area contributed by atoms with Crippen molar-refractivity contribution in [1.82, 2.24) is 4.90 Å². The van der Waals surface area contributed by atoms with Crippen molar-refractivity contribution >= 4 is 5.57 Å². The molecule has 0 aliphatic carbocycles. The molecule has 2 aromatic rings. The van der Waals surface area contributed by atoms with E-state index in [4.69, 9.17) is 4.74 Å². The number of benzene rings is 2. The fourth-order valence-electron chi connectivity index (χ4n) is 3.97. The molecule has 0 saturated carbocycles. The molecule has 27 heavy (non-hydrogen) atoms. The van der Waals surface area contributed by atoms with E-state index in [-0.39, 0.29) is 24.0 Å². The predicted octanol–water partition coefficient (Wildman–Crippen LogP) is 5.56. The van der Waals surface area contributed by atoms with Crippen LogP contribution in [0.5, 0.6) is 0 Å². The number of hydrogen-bond donors (Lipinski definition) is 1. The Balaban J connectivity index is 1.66. The van der Waals surface area contributed by atoms with E-state index in [0.29, 0.717) is 0 Å². The van der Waals surface area contributed by atoms with E-state index in [1.54, 1.807) is 13.0 Å². The van der Waals surface area contributed by atoms with Gasteiger partial charge in [-0.2, -0.15) is 0 Å². The van der Waals surface area contributed by atoms with E-state index in [1.165, 1.54) is 22.3 Å². The highest BCUT2D eigenvalue weighted by atomic mass is 16.5. The average Bonchev–Trinajstić information content (AvgIpc) is 2.68. The lowest BCUT2D eigenvalue weighted by molar-refractivity contribution is -0.00692. The Kier molecular flexibility index (Phi) is 4.87. The highest BCUT2D eigenvalue weighted by Gasteiger charge is 2.32. The largest absolute Gasteiger partial charge is 0.513 e. The Morgan fingerprint density at radius 3 is 2.56 bits per heavy atom. The maximum absolute atomic E-state index is 9.55. The second-order valence-corrected chi connectivity index (χ2v) is 7.22. The summed E-state index contributed by atoms with van der Waals surface area (Å²) >= 11 is 0. The zero-order valence-electron chi connectivity index (χ0n) is 15.7. The zero-order valence-corrected chi connectivity index (χ0v) is 15.7. The lowest BCUT2D eigenvalue weighted by Crippen LogP contribution is -2.36. The molecule has 2 heterocycles. The van der Waals surface area contributed by atoms with Gasteiger partial charge in [0, 0.05) is 12.7 Å². The van der Waals surface area contributed by atoms with Crippen molar-refractivity contribution in [2.24, 2.45) is 0 Å². The molecule has 0 aromatic heterocycles. The Bertz CT molecular complexity index is 894. The molecule has 0 bridgehead atoms. The first-order valence-electron chi connectivity index (χ1n) is 9.44. The van der Waals surface area contributed by atoms with Gasteiger partial charge in [-0.3, -0.25) is 0 Å². The summed E-state index contributed by atoms with van der Waals surface area (Å²) < 4.78 is 6.29. The van der Waals surface area contributed by atoms with Crippen LogP contribution in [-0.4, -0.2) is 22.7 Å². The Hall–Kier alpha value is -2.78. The summed E-state index contributed by atoms with van der Waals surface area (Å²) in [5.41, 5.74) is 4.95. The minimum atomic E-state index is -0.150. The minimum absolute atomic E-state index is 0.0391. The summed E-state index contributed by atoms with van der Waals surface area (Å²) in [6.45, 7) is 4.43. The highest BCUT2D eigenvalue weighted by molar-refractivity contribution is 5.75. The molecule has 0 fully saturated rings. The molecule has 2 unspecified atom stereocenters. The molecule has 3 nitrogen and oxygen atoms in total. The first kappa shape index (κ1) is 17.6. The number of nitrogens with zero attached hydrogens (tertiary/aromatic N) is 1. The lowest BCUT2D eigenvalue weighted by atomic mass is 9.88. The van der Waals surface area contributed by atoms with Crippen molar-refractivity contribution < 1.29 is 9.84 Å². The fourth-order valence-corrected chi connectivity index (χ4v) is 3.97. The SMILES string of the molecule is C/C(O)=C/C(C)O[C@H]1CN2C=C(c3ccccc3)C=CC2c2ccccc21. The maximum Gasteiger partial charge on any atom is 0.101 e. The van der Waals surface area contributed by atoms with Crippen molar-refractivity contribution in [2.45, 2.75) is 32.1 Å². The third-order valence-corrected chi connectivity index (χ3v) is 5.12. The van der Waals surface area contributed by atoms with Crippen LogP contribution in [0.3, 0.4) is 0 Å². The van der Waals surface area contributed by atoms with E-state index >= 15 is 0 Å². The number of fused-ring (bicyclic) bond motifs is 3. The van der Waals surface area contributed by atoms with Gasteiger partial charge >= 0.3 is 0 Å². The lowest BCUT2D eigenvalue weighted by Gasteiger charge is -2.41. The monoisotopic (exact) mass is 359 g/mol. The molecule has 1 N–H and O–H groups in total. The van der Waals surface area contributed by atoms with Crippen molar-refractivity contribution in [3.63, 3.8) is 0 Å². The topological polar surface area (TPSA) is 32.7 Å². The molecule has 0 amide bonds. The van der Waals surface area contributed by atoms with Crippen LogP contribution in [0.25, 0.3) is 5.57 Å². The van der Waals surface area contributed by atoms with Crippen molar-refractivity contribution in [3.05, 3.63) is 101 Å². The normalized spacial score (nSPS) is 22.7.